The fraction of sp³-hybridized carbons (Fsp3) is 0.409. The fourth-order valence-corrected chi connectivity index (χ4v) is 3.97. The van der Waals surface area contributed by atoms with E-state index >= 15 is 0 Å². The van der Waals surface area contributed by atoms with E-state index < -0.39 is 0 Å². The number of halogens is 2. The van der Waals surface area contributed by atoms with Crippen molar-refractivity contribution in [3.8, 4) is 0 Å². The number of amides is 1. The molecule has 0 aromatic heterocycles. The van der Waals surface area contributed by atoms with Crippen molar-refractivity contribution in [3.05, 3.63) is 69.7 Å². The zero-order valence-corrected chi connectivity index (χ0v) is 17.1. The zero-order valence-electron chi connectivity index (χ0n) is 15.6. The first-order valence-electron chi connectivity index (χ1n) is 9.61. The van der Waals surface area contributed by atoms with E-state index in [0.717, 1.165) is 48.9 Å². The van der Waals surface area contributed by atoms with Crippen molar-refractivity contribution < 1.29 is 4.79 Å². The Morgan fingerprint density at radius 1 is 1.00 bits per heavy atom. The van der Waals surface area contributed by atoms with Crippen LogP contribution < -0.4 is 5.32 Å². The first-order chi connectivity index (χ1) is 13.1. The predicted molar refractivity (Wildman–Crippen MR) is 112 cm³/mol. The van der Waals surface area contributed by atoms with Gasteiger partial charge in [-0.3, -0.25) is 9.69 Å². The summed E-state index contributed by atoms with van der Waals surface area (Å²) in [4.78, 5) is 14.7. The van der Waals surface area contributed by atoms with Crippen molar-refractivity contribution in [2.75, 3.05) is 19.6 Å². The van der Waals surface area contributed by atoms with Gasteiger partial charge in [0, 0.05) is 22.5 Å². The van der Waals surface area contributed by atoms with E-state index in [0.29, 0.717) is 0 Å². The van der Waals surface area contributed by atoms with Crippen molar-refractivity contribution in [1.29, 1.82) is 0 Å². The van der Waals surface area contributed by atoms with Gasteiger partial charge in [-0.25, -0.2) is 0 Å². The predicted octanol–water partition coefficient (Wildman–Crippen LogP) is 5.32. The Balaban J connectivity index is 1.77. The Morgan fingerprint density at radius 3 is 1.93 bits per heavy atom. The smallest absolute Gasteiger partial charge is 0.223 e. The number of carbonyl (C=O) groups excluding carboxylic acids is 1. The summed E-state index contributed by atoms with van der Waals surface area (Å²) < 4.78 is 0. The monoisotopic (exact) mass is 404 g/mol. The number of hydrogen-bond acceptors (Lipinski definition) is 2. The summed E-state index contributed by atoms with van der Waals surface area (Å²) in [6, 6.07) is 16.2. The van der Waals surface area contributed by atoms with Crippen LogP contribution in [0.5, 0.6) is 0 Å². The Hall–Kier alpha value is -1.55. The van der Waals surface area contributed by atoms with Gasteiger partial charge in [0.1, 0.15) is 0 Å². The van der Waals surface area contributed by atoms with Crippen LogP contribution in [0.2, 0.25) is 10.0 Å². The second-order valence-electron chi connectivity index (χ2n) is 7.11. The lowest BCUT2D eigenvalue weighted by molar-refractivity contribution is -0.126. The van der Waals surface area contributed by atoms with Crippen molar-refractivity contribution in [3.63, 3.8) is 0 Å². The van der Waals surface area contributed by atoms with Crippen LogP contribution in [-0.4, -0.2) is 30.4 Å². The molecule has 1 aliphatic heterocycles. The molecule has 3 nitrogen and oxygen atoms in total. The standard InChI is InChI=1S/C22H26Cl2N2O/c1-2-13-25-22(27)18-11-14-26(15-12-18)21(16-3-7-19(23)8-4-16)17-5-9-20(24)10-6-17/h3-10,18,21H,2,11-15H2,1H3,(H,25,27). The Bertz CT molecular complexity index is 692. The van der Waals surface area contributed by atoms with Crippen LogP contribution in [0.3, 0.4) is 0 Å². The van der Waals surface area contributed by atoms with Crippen LogP contribution in [0.25, 0.3) is 0 Å². The molecule has 1 saturated heterocycles. The molecule has 0 bridgehead atoms. The zero-order chi connectivity index (χ0) is 19.2. The molecule has 0 saturated carbocycles. The van der Waals surface area contributed by atoms with E-state index in [1.54, 1.807) is 0 Å². The molecule has 0 unspecified atom stereocenters. The average molecular weight is 405 g/mol. The summed E-state index contributed by atoms with van der Waals surface area (Å²) >= 11 is 12.2. The molecule has 0 aliphatic carbocycles. The van der Waals surface area contributed by atoms with Crippen molar-refractivity contribution >= 4 is 29.1 Å². The minimum atomic E-state index is 0.115. The molecular weight excluding hydrogens is 379 g/mol. The van der Waals surface area contributed by atoms with Gasteiger partial charge in [0.2, 0.25) is 5.91 Å². The van der Waals surface area contributed by atoms with Crippen molar-refractivity contribution in [2.45, 2.75) is 32.2 Å². The van der Waals surface area contributed by atoms with Gasteiger partial charge < -0.3 is 5.32 Å². The maximum absolute atomic E-state index is 12.3. The van der Waals surface area contributed by atoms with E-state index in [4.69, 9.17) is 23.2 Å². The highest BCUT2D eigenvalue weighted by molar-refractivity contribution is 6.30. The highest BCUT2D eigenvalue weighted by atomic mass is 35.5. The van der Waals surface area contributed by atoms with Gasteiger partial charge in [-0.05, 0) is 67.7 Å². The van der Waals surface area contributed by atoms with E-state index in [1.807, 2.05) is 24.3 Å². The molecule has 0 atom stereocenters. The molecule has 5 heteroatoms. The molecular formula is C22H26Cl2N2O. The first kappa shape index (κ1) is 20.2. The molecule has 2 aromatic carbocycles. The van der Waals surface area contributed by atoms with Gasteiger partial charge >= 0.3 is 0 Å². The topological polar surface area (TPSA) is 32.3 Å². The average Bonchev–Trinajstić information content (AvgIpc) is 2.70. The molecule has 1 heterocycles. The molecule has 1 N–H and O–H groups in total. The fourth-order valence-electron chi connectivity index (χ4n) is 3.72. The summed E-state index contributed by atoms with van der Waals surface area (Å²) in [5, 5.41) is 4.51. The maximum Gasteiger partial charge on any atom is 0.223 e. The first-order valence-corrected chi connectivity index (χ1v) is 10.4. The molecule has 1 fully saturated rings. The van der Waals surface area contributed by atoms with Crippen LogP contribution in [0.15, 0.2) is 48.5 Å². The molecule has 0 spiro atoms. The summed E-state index contributed by atoms with van der Waals surface area (Å²) in [6.45, 7) is 4.61. The van der Waals surface area contributed by atoms with Crippen LogP contribution >= 0.6 is 23.2 Å². The molecule has 0 radical (unpaired) electrons. The lowest BCUT2D eigenvalue weighted by Gasteiger charge is -2.37. The van der Waals surface area contributed by atoms with E-state index in [2.05, 4.69) is 41.4 Å². The molecule has 3 rings (SSSR count). The number of carbonyl (C=O) groups is 1. The summed E-state index contributed by atoms with van der Waals surface area (Å²) in [7, 11) is 0. The molecule has 144 valence electrons. The minimum absolute atomic E-state index is 0.115. The maximum atomic E-state index is 12.3. The largest absolute Gasteiger partial charge is 0.356 e. The van der Waals surface area contributed by atoms with Crippen LogP contribution in [0, 0.1) is 5.92 Å². The third kappa shape index (κ3) is 5.25. The van der Waals surface area contributed by atoms with Gasteiger partial charge in [0.25, 0.3) is 0 Å². The van der Waals surface area contributed by atoms with Crippen LogP contribution in [0.4, 0.5) is 0 Å². The van der Waals surface area contributed by atoms with Gasteiger partial charge in [-0.15, -0.1) is 0 Å². The van der Waals surface area contributed by atoms with E-state index in [-0.39, 0.29) is 17.9 Å². The highest BCUT2D eigenvalue weighted by Crippen LogP contribution is 2.33. The second kappa shape index (κ2) is 9.59. The number of nitrogens with one attached hydrogen (secondary N) is 1. The van der Waals surface area contributed by atoms with Crippen molar-refractivity contribution in [2.24, 2.45) is 5.92 Å². The molecule has 2 aromatic rings. The lowest BCUT2D eigenvalue weighted by atomic mass is 9.91. The molecule has 27 heavy (non-hydrogen) atoms. The van der Waals surface area contributed by atoms with Crippen molar-refractivity contribution in [1.82, 2.24) is 10.2 Å². The summed E-state index contributed by atoms with van der Waals surface area (Å²) in [6.07, 6.45) is 2.74. The minimum Gasteiger partial charge on any atom is -0.356 e. The van der Waals surface area contributed by atoms with Crippen LogP contribution in [0.1, 0.15) is 43.4 Å². The van der Waals surface area contributed by atoms with E-state index in [1.165, 1.54) is 11.1 Å². The van der Waals surface area contributed by atoms with Gasteiger partial charge in [0.15, 0.2) is 0 Å². The quantitative estimate of drug-likeness (QED) is 0.706. The van der Waals surface area contributed by atoms with Gasteiger partial charge in [-0.2, -0.15) is 0 Å². The van der Waals surface area contributed by atoms with Gasteiger partial charge in [-0.1, -0.05) is 54.4 Å². The van der Waals surface area contributed by atoms with Crippen LogP contribution in [-0.2, 0) is 4.79 Å². The Kier molecular flexibility index (Phi) is 7.17. The van der Waals surface area contributed by atoms with E-state index in [9.17, 15) is 4.79 Å². The number of hydrogen-bond donors (Lipinski definition) is 1. The normalized spacial score (nSPS) is 15.9. The summed E-state index contributed by atoms with van der Waals surface area (Å²) in [5.74, 6) is 0.315. The number of piperidine rings is 1. The number of rotatable bonds is 6. The second-order valence-corrected chi connectivity index (χ2v) is 7.98. The number of nitrogens with zero attached hydrogens (tertiary/aromatic N) is 1. The number of likely N-dealkylation sites (tertiary alicyclic amines) is 1. The third-order valence-corrected chi connectivity index (χ3v) is 5.69. The molecule has 1 amide bonds. The SMILES string of the molecule is CCCNC(=O)C1CCN(C(c2ccc(Cl)cc2)c2ccc(Cl)cc2)CC1. The molecule has 1 aliphatic rings. The highest BCUT2D eigenvalue weighted by Gasteiger charge is 2.30. The summed E-state index contributed by atoms with van der Waals surface area (Å²) in [5.41, 5.74) is 2.41. The van der Waals surface area contributed by atoms with Gasteiger partial charge in [0.05, 0.1) is 6.04 Å². The number of benzene rings is 2. The Morgan fingerprint density at radius 2 is 1.48 bits per heavy atom. The third-order valence-electron chi connectivity index (χ3n) is 5.19. The lowest BCUT2D eigenvalue weighted by Crippen LogP contribution is -2.42. The Labute approximate surface area is 171 Å².